The van der Waals surface area contributed by atoms with Crippen LogP contribution in [0.25, 0.3) is 0 Å². The van der Waals surface area contributed by atoms with E-state index in [0.29, 0.717) is 11.3 Å². The van der Waals surface area contributed by atoms with Crippen molar-refractivity contribution in [2.45, 2.75) is 38.9 Å². The molecule has 0 aliphatic carbocycles. The highest BCUT2D eigenvalue weighted by molar-refractivity contribution is 9.11. The molecule has 0 saturated carbocycles. The topological polar surface area (TPSA) is 33.0 Å². The molecule has 2 nitrogen and oxygen atoms in total. The average Bonchev–Trinajstić information content (AvgIpc) is 2.19. The molecule has 0 fully saturated rings. The number of hydrogen-bond donors (Lipinski definition) is 0. The third-order valence-corrected chi connectivity index (χ3v) is 8.67. The van der Waals surface area contributed by atoms with E-state index in [1.807, 2.05) is 6.07 Å². The first-order valence-corrected chi connectivity index (χ1v) is 10.2. The molecule has 98 valence electrons. The van der Waals surface area contributed by atoms with Crippen LogP contribution in [0.1, 0.15) is 26.3 Å². The Hall–Kier alpha value is -0.313. The number of nitriles is 1. The van der Waals surface area contributed by atoms with Gasteiger partial charge in [0.2, 0.25) is 0 Å². The van der Waals surface area contributed by atoms with Crippen molar-refractivity contribution in [1.82, 2.24) is 0 Å². The summed E-state index contributed by atoms with van der Waals surface area (Å²) in [4.78, 5) is 0. The van der Waals surface area contributed by atoms with Gasteiger partial charge in [-0.25, -0.2) is 0 Å². The lowest BCUT2D eigenvalue weighted by molar-refractivity contribution is 0.488. The van der Waals surface area contributed by atoms with Crippen LogP contribution >= 0.6 is 31.9 Å². The highest BCUT2D eigenvalue weighted by atomic mass is 79.9. The molecule has 0 heterocycles. The molecule has 0 radical (unpaired) electrons. The summed E-state index contributed by atoms with van der Waals surface area (Å²) in [5.74, 6) is 0.660. The van der Waals surface area contributed by atoms with E-state index in [0.717, 1.165) is 8.95 Å². The Kier molecular flexibility index (Phi) is 4.69. The first-order chi connectivity index (χ1) is 8.08. The van der Waals surface area contributed by atoms with E-state index < -0.39 is 8.32 Å². The minimum atomic E-state index is -1.94. The number of rotatable bonds is 2. The molecule has 18 heavy (non-hydrogen) atoms. The van der Waals surface area contributed by atoms with Crippen LogP contribution in [-0.4, -0.2) is 8.32 Å². The van der Waals surface area contributed by atoms with E-state index in [-0.39, 0.29) is 5.04 Å². The summed E-state index contributed by atoms with van der Waals surface area (Å²) in [7, 11) is -1.94. The fraction of sp³-hybridized carbons (Fsp3) is 0.462. The second-order valence-electron chi connectivity index (χ2n) is 5.74. The molecule has 0 spiro atoms. The maximum absolute atomic E-state index is 9.21. The SMILES string of the molecule is CC(C)(C)[Si](C)(C)Oc1c(Br)cc(Br)cc1C#N. The zero-order valence-corrected chi connectivity index (χ0v) is 15.4. The van der Waals surface area contributed by atoms with Crippen LogP contribution in [0.5, 0.6) is 5.75 Å². The van der Waals surface area contributed by atoms with Gasteiger partial charge in [-0.1, -0.05) is 36.7 Å². The highest BCUT2D eigenvalue weighted by Crippen LogP contribution is 2.41. The van der Waals surface area contributed by atoms with Gasteiger partial charge >= 0.3 is 0 Å². The minimum absolute atomic E-state index is 0.103. The largest absolute Gasteiger partial charge is 0.542 e. The van der Waals surface area contributed by atoms with Crippen molar-refractivity contribution in [2.75, 3.05) is 0 Å². The van der Waals surface area contributed by atoms with Crippen molar-refractivity contribution in [1.29, 1.82) is 5.26 Å². The van der Waals surface area contributed by atoms with Crippen molar-refractivity contribution in [3.63, 3.8) is 0 Å². The molecule has 0 bridgehead atoms. The molecule has 0 aliphatic rings. The molecule has 0 saturated heterocycles. The average molecular weight is 391 g/mol. The maximum atomic E-state index is 9.21. The van der Waals surface area contributed by atoms with Crippen LogP contribution in [0.3, 0.4) is 0 Å². The minimum Gasteiger partial charge on any atom is -0.542 e. The number of benzene rings is 1. The van der Waals surface area contributed by atoms with Crippen molar-refractivity contribution in [3.05, 3.63) is 26.6 Å². The lowest BCUT2D eigenvalue weighted by Gasteiger charge is -2.37. The summed E-state index contributed by atoms with van der Waals surface area (Å²) in [6.45, 7) is 10.9. The van der Waals surface area contributed by atoms with E-state index in [1.165, 1.54) is 0 Å². The Morgan fingerprint density at radius 1 is 1.22 bits per heavy atom. The Balaban J connectivity index is 3.25. The normalized spacial score (nSPS) is 12.1. The van der Waals surface area contributed by atoms with Gasteiger partial charge in [0.15, 0.2) is 0 Å². The summed E-state index contributed by atoms with van der Waals surface area (Å²) in [5.41, 5.74) is 0.557. The van der Waals surface area contributed by atoms with Crippen LogP contribution < -0.4 is 4.43 Å². The Morgan fingerprint density at radius 3 is 2.22 bits per heavy atom. The Labute approximate surface area is 127 Å². The monoisotopic (exact) mass is 389 g/mol. The Morgan fingerprint density at radius 2 is 1.78 bits per heavy atom. The fourth-order valence-electron chi connectivity index (χ4n) is 1.16. The van der Waals surface area contributed by atoms with E-state index in [2.05, 4.69) is 71.8 Å². The Bertz CT molecular complexity index is 501. The van der Waals surface area contributed by atoms with Crippen LogP contribution in [0.4, 0.5) is 0 Å². The number of halogens is 2. The summed E-state index contributed by atoms with van der Waals surface area (Å²) >= 11 is 6.86. The third-order valence-electron chi connectivity index (χ3n) is 3.29. The zero-order chi connectivity index (χ0) is 14.1. The third kappa shape index (κ3) is 3.37. The molecular weight excluding hydrogens is 374 g/mol. The molecule has 1 rings (SSSR count). The van der Waals surface area contributed by atoms with Gasteiger partial charge in [-0.05, 0) is 46.2 Å². The van der Waals surface area contributed by atoms with E-state index in [4.69, 9.17) is 4.43 Å². The number of nitrogens with zero attached hydrogens (tertiary/aromatic N) is 1. The first kappa shape index (κ1) is 15.7. The molecule has 0 atom stereocenters. The lowest BCUT2D eigenvalue weighted by Crippen LogP contribution is -2.44. The van der Waals surface area contributed by atoms with E-state index in [1.54, 1.807) is 6.07 Å². The van der Waals surface area contributed by atoms with Gasteiger partial charge in [0.05, 0.1) is 10.0 Å². The maximum Gasteiger partial charge on any atom is 0.250 e. The number of hydrogen-bond acceptors (Lipinski definition) is 2. The first-order valence-electron chi connectivity index (χ1n) is 5.66. The van der Waals surface area contributed by atoms with Crippen molar-refractivity contribution in [3.8, 4) is 11.8 Å². The van der Waals surface area contributed by atoms with Gasteiger partial charge in [-0.15, -0.1) is 0 Å². The molecule has 1 aromatic rings. The van der Waals surface area contributed by atoms with Crippen molar-refractivity contribution in [2.24, 2.45) is 0 Å². The van der Waals surface area contributed by atoms with E-state index >= 15 is 0 Å². The zero-order valence-electron chi connectivity index (χ0n) is 11.3. The molecule has 0 aliphatic heterocycles. The smallest absolute Gasteiger partial charge is 0.250 e. The predicted octanol–water partition coefficient (Wildman–Crippen LogP) is 5.47. The van der Waals surface area contributed by atoms with Gasteiger partial charge in [-0.3, -0.25) is 0 Å². The van der Waals surface area contributed by atoms with Gasteiger partial charge in [-0.2, -0.15) is 5.26 Å². The van der Waals surface area contributed by atoms with Gasteiger partial charge in [0.25, 0.3) is 8.32 Å². The molecule has 0 N–H and O–H groups in total. The molecule has 5 heteroatoms. The van der Waals surface area contributed by atoms with Crippen LogP contribution in [0.15, 0.2) is 21.1 Å². The van der Waals surface area contributed by atoms with Crippen molar-refractivity contribution >= 4 is 40.2 Å². The van der Waals surface area contributed by atoms with Crippen LogP contribution in [0.2, 0.25) is 18.1 Å². The molecule has 0 unspecified atom stereocenters. The van der Waals surface area contributed by atoms with E-state index in [9.17, 15) is 5.26 Å². The molecule has 0 amide bonds. The van der Waals surface area contributed by atoms with Gasteiger partial charge in [0, 0.05) is 4.47 Å². The fourth-order valence-corrected chi connectivity index (χ4v) is 3.65. The second kappa shape index (κ2) is 5.36. The highest BCUT2D eigenvalue weighted by Gasteiger charge is 2.39. The van der Waals surface area contributed by atoms with Crippen LogP contribution in [-0.2, 0) is 0 Å². The molecular formula is C13H17Br2NOSi. The summed E-state index contributed by atoms with van der Waals surface area (Å²) in [6, 6.07) is 5.88. The van der Waals surface area contributed by atoms with Crippen molar-refractivity contribution < 1.29 is 4.43 Å². The molecule has 1 aromatic carbocycles. The van der Waals surface area contributed by atoms with Gasteiger partial charge < -0.3 is 4.43 Å². The standard InChI is InChI=1S/C13H17Br2NOSi/c1-13(2,3)18(4,5)17-12-9(8-16)6-10(14)7-11(12)15/h6-7H,1-5H3. The molecule has 0 aromatic heterocycles. The summed E-state index contributed by atoms with van der Waals surface area (Å²) < 4.78 is 7.91. The summed E-state index contributed by atoms with van der Waals surface area (Å²) in [5, 5.41) is 9.31. The lowest BCUT2D eigenvalue weighted by atomic mass is 10.2. The summed E-state index contributed by atoms with van der Waals surface area (Å²) in [6.07, 6.45) is 0. The van der Waals surface area contributed by atoms with Crippen LogP contribution in [0, 0.1) is 11.3 Å². The predicted molar refractivity (Wildman–Crippen MR) is 84.4 cm³/mol. The quantitative estimate of drug-likeness (QED) is 0.627. The van der Waals surface area contributed by atoms with Gasteiger partial charge in [0.1, 0.15) is 11.8 Å². The second-order valence-corrected chi connectivity index (χ2v) is 12.2.